The number of hydrogen-bond acceptors (Lipinski definition) is 5. The first kappa shape index (κ1) is 28.4. The number of ether oxygens (including phenoxy) is 2. The van der Waals surface area contributed by atoms with Crippen LogP contribution in [0.3, 0.4) is 0 Å². The van der Waals surface area contributed by atoms with Gasteiger partial charge in [0.25, 0.3) is 0 Å². The Morgan fingerprint density at radius 1 is 0.902 bits per heavy atom. The highest BCUT2D eigenvalue weighted by atomic mass is 16.5. The van der Waals surface area contributed by atoms with Crippen LogP contribution in [0, 0.1) is 11.8 Å². The van der Waals surface area contributed by atoms with Gasteiger partial charge in [0.05, 0.1) is 18.6 Å². The minimum Gasteiger partial charge on any atom is -0.481 e. The summed E-state index contributed by atoms with van der Waals surface area (Å²) in [6.07, 6.45) is 0.770. The maximum absolute atomic E-state index is 13.3. The van der Waals surface area contributed by atoms with E-state index in [1.807, 2.05) is 66.7 Å². The maximum Gasteiger partial charge on any atom is 0.407 e. The third-order valence-electron chi connectivity index (χ3n) is 8.24. The van der Waals surface area contributed by atoms with Crippen LogP contribution in [0.15, 0.2) is 78.9 Å². The first-order valence-electron chi connectivity index (χ1n) is 14.2. The van der Waals surface area contributed by atoms with Crippen LogP contribution in [0.4, 0.5) is 4.79 Å². The zero-order chi connectivity index (χ0) is 28.8. The molecule has 0 spiro atoms. The molecule has 0 radical (unpaired) electrons. The molecule has 4 atom stereocenters. The monoisotopic (exact) mass is 556 g/mol. The lowest BCUT2D eigenvalue weighted by molar-refractivity contribution is -0.143. The van der Waals surface area contributed by atoms with Crippen LogP contribution < -0.4 is 10.6 Å². The number of carbonyl (C=O) groups is 3. The molecule has 2 amide bonds. The van der Waals surface area contributed by atoms with Gasteiger partial charge in [0.1, 0.15) is 12.6 Å². The van der Waals surface area contributed by atoms with Crippen LogP contribution in [-0.2, 0) is 25.7 Å². The molecule has 1 fully saturated rings. The van der Waals surface area contributed by atoms with Crippen molar-refractivity contribution in [1.29, 1.82) is 0 Å². The largest absolute Gasteiger partial charge is 0.481 e. The van der Waals surface area contributed by atoms with E-state index >= 15 is 0 Å². The van der Waals surface area contributed by atoms with E-state index in [-0.39, 0.29) is 31.6 Å². The highest BCUT2D eigenvalue weighted by Crippen LogP contribution is 2.44. The quantitative estimate of drug-likeness (QED) is 0.302. The maximum atomic E-state index is 13.3. The number of carbonyl (C=O) groups excluding carboxylic acids is 2. The van der Waals surface area contributed by atoms with Gasteiger partial charge in [-0.1, -0.05) is 85.3 Å². The van der Waals surface area contributed by atoms with E-state index < -0.39 is 36.0 Å². The topological polar surface area (TPSA) is 114 Å². The molecule has 0 aromatic heterocycles. The molecule has 41 heavy (non-hydrogen) atoms. The van der Waals surface area contributed by atoms with Crippen molar-refractivity contribution in [3.63, 3.8) is 0 Å². The van der Waals surface area contributed by atoms with Gasteiger partial charge < -0.3 is 25.2 Å². The lowest BCUT2D eigenvalue weighted by Crippen LogP contribution is -2.54. The predicted molar refractivity (Wildman–Crippen MR) is 154 cm³/mol. The number of alkyl carbamates (subject to hydrolysis) is 1. The molecular weight excluding hydrogens is 520 g/mol. The van der Waals surface area contributed by atoms with Crippen molar-refractivity contribution in [2.75, 3.05) is 13.2 Å². The fraction of sp³-hybridized carbons (Fsp3) is 0.364. The highest BCUT2D eigenvalue weighted by Gasteiger charge is 2.35. The number of carboxylic acid groups (broad SMARTS) is 1. The number of amides is 2. The number of rotatable bonds is 11. The Labute approximate surface area is 240 Å². The van der Waals surface area contributed by atoms with Gasteiger partial charge in [-0.25, -0.2) is 4.79 Å². The van der Waals surface area contributed by atoms with Gasteiger partial charge in [0.2, 0.25) is 5.91 Å². The molecule has 5 rings (SSSR count). The predicted octanol–water partition coefficient (Wildman–Crippen LogP) is 5.12. The molecular formula is C33H36N2O6. The summed E-state index contributed by atoms with van der Waals surface area (Å²) in [4.78, 5) is 38.0. The molecule has 8 heteroatoms. The standard InChI is InChI=1S/C33H36N2O6/c1-21(40-19-22-10-3-2-4-11-22)30(31(36)34-18-23-12-9-17-24(23)32(37)38)35-33(39)41-20-29-27-15-7-5-13-25(27)26-14-6-8-16-28(26)29/h2-8,10-11,13-16,21,23-24,29-30H,9,12,17-20H2,1H3,(H,34,36)(H,35,39)(H,37,38)/t21?,23-,24-,30?/m1/s1. The van der Waals surface area contributed by atoms with Crippen molar-refractivity contribution in [3.05, 3.63) is 95.6 Å². The molecule has 3 N–H and O–H groups in total. The average molecular weight is 557 g/mol. The fourth-order valence-electron chi connectivity index (χ4n) is 6.01. The molecule has 0 aliphatic heterocycles. The van der Waals surface area contributed by atoms with Crippen molar-refractivity contribution < 1.29 is 29.0 Å². The third-order valence-corrected chi connectivity index (χ3v) is 8.24. The molecule has 214 valence electrons. The SMILES string of the molecule is CC(OCc1ccccc1)C(NC(=O)OCC1c2ccccc2-c2ccccc21)C(=O)NC[C@H]1CCC[C@H]1C(=O)O. The molecule has 3 aromatic rings. The zero-order valence-electron chi connectivity index (χ0n) is 23.1. The van der Waals surface area contributed by atoms with Crippen LogP contribution in [-0.4, -0.2) is 48.4 Å². The van der Waals surface area contributed by atoms with Crippen LogP contribution >= 0.6 is 0 Å². The fourth-order valence-corrected chi connectivity index (χ4v) is 6.01. The Balaban J connectivity index is 1.24. The summed E-state index contributed by atoms with van der Waals surface area (Å²) in [7, 11) is 0. The number of nitrogens with one attached hydrogen (secondary N) is 2. The highest BCUT2D eigenvalue weighted by molar-refractivity contribution is 5.86. The molecule has 3 aromatic carbocycles. The summed E-state index contributed by atoms with van der Waals surface area (Å²) in [5.74, 6) is -2.00. The second kappa shape index (κ2) is 13.0. The van der Waals surface area contributed by atoms with Crippen LogP contribution in [0.1, 0.15) is 48.8 Å². The number of aliphatic carboxylic acids is 1. The lowest BCUT2D eigenvalue weighted by Gasteiger charge is -2.26. The van der Waals surface area contributed by atoms with Crippen molar-refractivity contribution >= 4 is 18.0 Å². The number of fused-ring (bicyclic) bond motifs is 3. The zero-order valence-corrected chi connectivity index (χ0v) is 23.1. The van der Waals surface area contributed by atoms with Crippen LogP contribution in [0.25, 0.3) is 11.1 Å². The summed E-state index contributed by atoms with van der Waals surface area (Å²) < 4.78 is 11.7. The first-order chi connectivity index (χ1) is 19.9. The summed E-state index contributed by atoms with van der Waals surface area (Å²) >= 11 is 0. The van der Waals surface area contributed by atoms with E-state index in [0.717, 1.165) is 40.7 Å². The minimum atomic E-state index is -1.03. The van der Waals surface area contributed by atoms with Gasteiger partial charge in [-0.15, -0.1) is 0 Å². The van der Waals surface area contributed by atoms with E-state index in [1.54, 1.807) is 6.92 Å². The molecule has 1 saturated carbocycles. The Kier molecular flexibility index (Phi) is 8.99. The summed E-state index contributed by atoms with van der Waals surface area (Å²) in [6.45, 7) is 2.34. The van der Waals surface area contributed by atoms with E-state index in [2.05, 4.69) is 22.8 Å². The van der Waals surface area contributed by atoms with Crippen LogP contribution in [0.2, 0.25) is 0 Å². The Morgan fingerprint density at radius 3 is 2.20 bits per heavy atom. The number of benzene rings is 3. The second-order valence-corrected chi connectivity index (χ2v) is 10.8. The van der Waals surface area contributed by atoms with Gasteiger partial charge >= 0.3 is 12.1 Å². The van der Waals surface area contributed by atoms with E-state index in [9.17, 15) is 19.5 Å². The lowest BCUT2D eigenvalue weighted by atomic mass is 9.96. The molecule has 2 aliphatic carbocycles. The Bertz CT molecular complexity index is 1330. The Morgan fingerprint density at radius 2 is 1.54 bits per heavy atom. The molecule has 8 nitrogen and oxygen atoms in total. The molecule has 0 heterocycles. The van der Waals surface area contributed by atoms with E-state index in [4.69, 9.17) is 9.47 Å². The normalized spacial score (nSPS) is 19.0. The third kappa shape index (κ3) is 6.60. The summed E-state index contributed by atoms with van der Waals surface area (Å²) in [5, 5.41) is 15.1. The number of hydrogen-bond donors (Lipinski definition) is 3. The average Bonchev–Trinajstić information content (AvgIpc) is 3.60. The van der Waals surface area contributed by atoms with Crippen LogP contribution in [0.5, 0.6) is 0 Å². The van der Waals surface area contributed by atoms with E-state index in [0.29, 0.717) is 6.42 Å². The summed E-state index contributed by atoms with van der Waals surface area (Å²) in [5.41, 5.74) is 5.39. The van der Waals surface area contributed by atoms with Gasteiger partial charge in [-0.3, -0.25) is 9.59 Å². The summed E-state index contributed by atoms with van der Waals surface area (Å²) in [6, 6.07) is 24.7. The second-order valence-electron chi connectivity index (χ2n) is 10.8. The van der Waals surface area contributed by atoms with Crippen molar-refractivity contribution in [2.24, 2.45) is 11.8 Å². The van der Waals surface area contributed by atoms with E-state index in [1.165, 1.54) is 0 Å². The smallest absolute Gasteiger partial charge is 0.407 e. The molecule has 0 saturated heterocycles. The van der Waals surface area contributed by atoms with Gasteiger partial charge in [-0.2, -0.15) is 0 Å². The number of carboxylic acids is 1. The van der Waals surface area contributed by atoms with Gasteiger partial charge in [-0.05, 0) is 53.5 Å². The molecule has 0 bridgehead atoms. The van der Waals surface area contributed by atoms with Crippen molar-refractivity contribution in [3.8, 4) is 11.1 Å². The first-order valence-corrected chi connectivity index (χ1v) is 14.2. The van der Waals surface area contributed by atoms with Gasteiger partial charge in [0.15, 0.2) is 0 Å². The van der Waals surface area contributed by atoms with Crippen molar-refractivity contribution in [1.82, 2.24) is 10.6 Å². The molecule has 2 unspecified atom stereocenters. The minimum absolute atomic E-state index is 0.109. The van der Waals surface area contributed by atoms with Crippen molar-refractivity contribution in [2.45, 2.75) is 50.9 Å². The Hall–Kier alpha value is -4.17. The van der Waals surface area contributed by atoms with Gasteiger partial charge in [0, 0.05) is 12.5 Å². The molecule has 2 aliphatic rings.